The van der Waals surface area contributed by atoms with Crippen LogP contribution in [0.2, 0.25) is 0 Å². The Morgan fingerprint density at radius 2 is 2.29 bits per heavy atom. The van der Waals surface area contributed by atoms with Gasteiger partial charge in [-0.25, -0.2) is 0 Å². The molecular formula is C13H17BrN2O. The molecule has 0 spiro atoms. The molecule has 3 nitrogen and oxygen atoms in total. The molecule has 1 fully saturated rings. The minimum Gasteiger partial charge on any atom is -0.312 e. The van der Waals surface area contributed by atoms with E-state index in [4.69, 9.17) is 0 Å². The Balaban J connectivity index is 2.17. The highest BCUT2D eigenvalue weighted by Crippen LogP contribution is 2.26. The maximum Gasteiger partial charge on any atom is 0.228 e. The normalized spacial score (nSPS) is 20.1. The molecule has 92 valence electrons. The first kappa shape index (κ1) is 12.6. The van der Waals surface area contributed by atoms with Crippen molar-refractivity contribution in [1.82, 2.24) is 5.32 Å². The van der Waals surface area contributed by atoms with Crippen LogP contribution in [0.4, 0.5) is 5.69 Å². The number of anilines is 1. The standard InChI is InChI=1S/C13H17BrN2O/c1-3-15-10-6-13(17)16(8-10)11-5-4-9(2)12(14)7-11/h4-5,7,10,15H,3,6,8H2,1-2H3. The molecule has 1 atom stereocenters. The van der Waals surface area contributed by atoms with Crippen molar-refractivity contribution < 1.29 is 4.79 Å². The van der Waals surface area contributed by atoms with Gasteiger partial charge in [-0.15, -0.1) is 0 Å². The number of hydrogen-bond donors (Lipinski definition) is 1. The molecule has 1 heterocycles. The maximum atomic E-state index is 11.9. The summed E-state index contributed by atoms with van der Waals surface area (Å²) in [6, 6.07) is 6.34. The minimum absolute atomic E-state index is 0.201. The Morgan fingerprint density at radius 1 is 1.53 bits per heavy atom. The van der Waals surface area contributed by atoms with E-state index < -0.39 is 0 Å². The van der Waals surface area contributed by atoms with Gasteiger partial charge < -0.3 is 10.2 Å². The van der Waals surface area contributed by atoms with Crippen LogP contribution in [0.25, 0.3) is 0 Å². The summed E-state index contributed by atoms with van der Waals surface area (Å²) in [6.07, 6.45) is 0.597. The van der Waals surface area contributed by atoms with E-state index in [9.17, 15) is 4.79 Å². The van der Waals surface area contributed by atoms with Crippen molar-refractivity contribution in [2.24, 2.45) is 0 Å². The Hall–Kier alpha value is -0.870. The first-order valence-corrected chi connectivity index (χ1v) is 6.71. The maximum absolute atomic E-state index is 11.9. The Kier molecular flexibility index (Phi) is 3.84. The molecule has 1 aliphatic heterocycles. The molecule has 1 N–H and O–H groups in total. The molecule has 0 aromatic heterocycles. The van der Waals surface area contributed by atoms with Crippen LogP contribution in [0, 0.1) is 6.92 Å². The van der Waals surface area contributed by atoms with Crippen LogP contribution in [0.5, 0.6) is 0 Å². The van der Waals surface area contributed by atoms with E-state index in [1.54, 1.807) is 0 Å². The van der Waals surface area contributed by atoms with Gasteiger partial charge in [-0.1, -0.05) is 28.9 Å². The fourth-order valence-electron chi connectivity index (χ4n) is 2.13. The minimum atomic E-state index is 0.201. The molecule has 1 saturated heterocycles. The van der Waals surface area contributed by atoms with Crippen molar-refractivity contribution in [2.45, 2.75) is 26.3 Å². The highest BCUT2D eigenvalue weighted by molar-refractivity contribution is 9.10. The summed E-state index contributed by atoms with van der Waals surface area (Å²) < 4.78 is 1.05. The third-order valence-electron chi connectivity index (χ3n) is 3.08. The van der Waals surface area contributed by atoms with E-state index in [0.717, 1.165) is 23.2 Å². The van der Waals surface area contributed by atoms with Gasteiger partial charge in [-0.2, -0.15) is 0 Å². The molecular weight excluding hydrogens is 280 g/mol. The zero-order chi connectivity index (χ0) is 12.4. The second kappa shape index (κ2) is 5.19. The van der Waals surface area contributed by atoms with E-state index in [-0.39, 0.29) is 11.9 Å². The van der Waals surface area contributed by atoms with Gasteiger partial charge in [0.05, 0.1) is 0 Å². The van der Waals surface area contributed by atoms with E-state index in [1.807, 2.05) is 30.0 Å². The lowest BCUT2D eigenvalue weighted by Crippen LogP contribution is -2.32. The highest BCUT2D eigenvalue weighted by Gasteiger charge is 2.29. The number of aryl methyl sites for hydroxylation is 1. The fraction of sp³-hybridized carbons (Fsp3) is 0.462. The van der Waals surface area contributed by atoms with Crippen LogP contribution in [-0.4, -0.2) is 25.0 Å². The van der Waals surface area contributed by atoms with Crippen molar-refractivity contribution >= 4 is 27.5 Å². The Morgan fingerprint density at radius 3 is 2.94 bits per heavy atom. The monoisotopic (exact) mass is 296 g/mol. The molecule has 1 unspecified atom stereocenters. The predicted molar refractivity (Wildman–Crippen MR) is 73.3 cm³/mol. The van der Waals surface area contributed by atoms with Crippen LogP contribution < -0.4 is 10.2 Å². The van der Waals surface area contributed by atoms with Gasteiger partial charge in [0, 0.05) is 29.2 Å². The summed E-state index contributed by atoms with van der Waals surface area (Å²) in [5, 5.41) is 3.33. The molecule has 1 amide bonds. The quantitative estimate of drug-likeness (QED) is 0.929. The molecule has 2 rings (SSSR count). The number of carbonyl (C=O) groups is 1. The van der Waals surface area contributed by atoms with Gasteiger partial charge in [0.15, 0.2) is 0 Å². The van der Waals surface area contributed by atoms with Gasteiger partial charge >= 0.3 is 0 Å². The molecule has 0 aliphatic carbocycles. The number of benzene rings is 1. The van der Waals surface area contributed by atoms with Gasteiger partial charge in [-0.05, 0) is 31.2 Å². The number of hydrogen-bond acceptors (Lipinski definition) is 2. The largest absolute Gasteiger partial charge is 0.312 e. The Bertz CT molecular complexity index is 433. The van der Waals surface area contributed by atoms with Crippen LogP contribution >= 0.6 is 15.9 Å². The van der Waals surface area contributed by atoms with Crippen LogP contribution in [0.15, 0.2) is 22.7 Å². The van der Waals surface area contributed by atoms with Crippen molar-refractivity contribution in [1.29, 1.82) is 0 Å². The van der Waals surface area contributed by atoms with Crippen LogP contribution in [-0.2, 0) is 4.79 Å². The average Bonchev–Trinajstić information content (AvgIpc) is 2.64. The van der Waals surface area contributed by atoms with Crippen molar-refractivity contribution in [3.8, 4) is 0 Å². The number of halogens is 1. The zero-order valence-electron chi connectivity index (χ0n) is 10.2. The summed E-state index contributed by atoms with van der Waals surface area (Å²) in [6.45, 7) is 5.78. The molecule has 0 radical (unpaired) electrons. The molecule has 0 saturated carbocycles. The van der Waals surface area contributed by atoms with E-state index in [1.165, 1.54) is 5.56 Å². The second-order valence-corrected chi connectivity index (χ2v) is 5.25. The summed E-state index contributed by atoms with van der Waals surface area (Å²) >= 11 is 3.51. The topological polar surface area (TPSA) is 32.3 Å². The summed E-state index contributed by atoms with van der Waals surface area (Å²) in [4.78, 5) is 13.8. The second-order valence-electron chi connectivity index (χ2n) is 4.40. The molecule has 4 heteroatoms. The highest BCUT2D eigenvalue weighted by atomic mass is 79.9. The summed E-state index contributed by atoms with van der Waals surface area (Å²) in [7, 11) is 0. The van der Waals surface area contributed by atoms with E-state index in [2.05, 4.69) is 28.2 Å². The number of nitrogens with zero attached hydrogens (tertiary/aromatic N) is 1. The lowest BCUT2D eigenvalue weighted by Gasteiger charge is -2.17. The fourth-order valence-corrected chi connectivity index (χ4v) is 2.50. The number of nitrogens with one attached hydrogen (secondary N) is 1. The number of rotatable bonds is 3. The Labute approximate surface area is 110 Å². The third-order valence-corrected chi connectivity index (χ3v) is 3.94. The van der Waals surface area contributed by atoms with Crippen molar-refractivity contribution in [3.63, 3.8) is 0 Å². The smallest absolute Gasteiger partial charge is 0.228 e. The third kappa shape index (κ3) is 2.69. The van der Waals surface area contributed by atoms with Crippen LogP contribution in [0.3, 0.4) is 0 Å². The summed E-state index contributed by atoms with van der Waals surface area (Å²) in [5.41, 5.74) is 2.16. The molecule has 1 aromatic rings. The van der Waals surface area contributed by atoms with Gasteiger partial charge in [0.2, 0.25) is 5.91 Å². The SMILES string of the molecule is CCNC1CC(=O)N(c2ccc(C)c(Br)c2)C1. The van der Waals surface area contributed by atoms with E-state index in [0.29, 0.717) is 6.42 Å². The van der Waals surface area contributed by atoms with Crippen LogP contribution in [0.1, 0.15) is 18.9 Å². The lowest BCUT2D eigenvalue weighted by molar-refractivity contribution is -0.117. The molecule has 17 heavy (non-hydrogen) atoms. The zero-order valence-corrected chi connectivity index (χ0v) is 11.8. The number of amides is 1. The molecule has 1 aliphatic rings. The molecule has 1 aromatic carbocycles. The van der Waals surface area contributed by atoms with Crippen molar-refractivity contribution in [2.75, 3.05) is 18.0 Å². The predicted octanol–water partition coefficient (Wildman–Crippen LogP) is 2.47. The first-order valence-electron chi connectivity index (χ1n) is 5.91. The van der Waals surface area contributed by atoms with Crippen molar-refractivity contribution in [3.05, 3.63) is 28.2 Å². The molecule has 0 bridgehead atoms. The first-order chi connectivity index (χ1) is 8.11. The van der Waals surface area contributed by atoms with Gasteiger partial charge in [-0.3, -0.25) is 4.79 Å². The van der Waals surface area contributed by atoms with Gasteiger partial charge in [0.25, 0.3) is 0 Å². The lowest BCUT2D eigenvalue weighted by atomic mass is 10.2. The number of likely N-dealkylation sites (N-methyl/N-ethyl adjacent to an activating group) is 1. The number of carbonyl (C=O) groups excluding carboxylic acids is 1. The van der Waals surface area contributed by atoms with E-state index >= 15 is 0 Å². The average molecular weight is 297 g/mol. The van der Waals surface area contributed by atoms with Gasteiger partial charge in [0.1, 0.15) is 0 Å². The summed E-state index contributed by atoms with van der Waals surface area (Å²) in [5.74, 6) is 0.201.